The van der Waals surface area contributed by atoms with Crippen molar-refractivity contribution in [3.8, 4) is 23.0 Å². The van der Waals surface area contributed by atoms with Crippen molar-refractivity contribution in [1.82, 2.24) is 15.5 Å². The molecule has 0 saturated carbocycles. The number of thioether (sulfide) groups is 1. The molecule has 1 N–H and O–H groups in total. The van der Waals surface area contributed by atoms with Crippen LogP contribution in [0.15, 0.2) is 27.8 Å². The summed E-state index contributed by atoms with van der Waals surface area (Å²) in [7, 11) is 4.39. The lowest BCUT2D eigenvalue weighted by Crippen LogP contribution is -2.46. The van der Waals surface area contributed by atoms with E-state index in [-0.39, 0.29) is 28.7 Å². The van der Waals surface area contributed by atoms with Crippen molar-refractivity contribution in [3.63, 3.8) is 0 Å². The normalized spacial score (nSPS) is 12.7. The van der Waals surface area contributed by atoms with E-state index in [2.05, 4.69) is 15.5 Å². The Morgan fingerprint density at radius 3 is 2.59 bits per heavy atom. The highest BCUT2D eigenvalue weighted by Gasteiger charge is 2.26. The van der Waals surface area contributed by atoms with E-state index in [1.54, 1.807) is 25.3 Å². The lowest BCUT2D eigenvalue weighted by Gasteiger charge is -2.21. The molecular formula is C19H25N3O6S. The highest BCUT2D eigenvalue weighted by Crippen LogP contribution is 2.33. The molecule has 1 aromatic carbocycles. The number of hydrogen-bond donors (Lipinski definition) is 1. The van der Waals surface area contributed by atoms with Crippen LogP contribution in [0.1, 0.15) is 20.3 Å². The monoisotopic (exact) mass is 423 g/mol. The van der Waals surface area contributed by atoms with Crippen molar-refractivity contribution in [1.29, 1.82) is 0 Å². The van der Waals surface area contributed by atoms with Gasteiger partial charge in [-0.1, -0.05) is 32.0 Å². The Morgan fingerprint density at radius 2 is 1.97 bits per heavy atom. The third-order valence-electron chi connectivity index (χ3n) is 4.36. The first-order valence-electron chi connectivity index (χ1n) is 8.99. The summed E-state index contributed by atoms with van der Waals surface area (Å²) in [5.41, 5.74) is 0.611. The van der Waals surface area contributed by atoms with Gasteiger partial charge in [0.05, 0.1) is 32.6 Å². The van der Waals surface area contributed by atoms with Gasteiger partial charge in [0.15, 0.2) is 0 Å². The maximum Gasteiger partial charge on any atom is 0.328 e. The fourth-order valence-corrected chi connectivity index (χ4v) is 3.07. The number of esters is 1. The molecule has 158 valence electrons. The molecule has 0 unspecified atom stereocenters. The number of aromatic nitrogens is 2. The smallest absolute Gasteiger partial charge is 0.328 e. The highest BCUT2D eigenvalue weighted by atomic mass is 32.2. The summed E-state index contributed by atoms with van der Waals surface area (Å²) >= 11 is 1.08. The van der Waals surface area contributed by atoms with Crippen LogP contribution >= 0.6 is 11.8 Å². The molecule has 0 aliphatic rings. The molecule has 1 aromatic heterocycles. The van der Waals surface area contributed by atoms with Gasteiger partial charge in [0.1, 0.15) is 17.5 Å². The van der Waals surface area contributed by atoms with Gasteiger partial charge in [-0.05, 0) is 18.1 Å². The predicted octanol–water partition coefficient (Wildman–Crippen LogP) is 2.55. The van der Waals surface area contributed by atoms with Gasteiger partial charge in [-0.15, -0.1) is 10.2 Å². The van der Waals surface area contributed by atoms with Crippen LogP contribution in [0, 0.1) is 5.92 Å². The summed E-state index contributed by atoms with van der Waals surface area (Å²) < 4.78 is 20.9. The van der Waals surface area contributed by atoms with Crippen molar-refractivity contribution in [2.75, 3.05) is 27.1 Å². The number of methoxy groups -OCH3 is 3. The van der Waals surface area contributed by atoms with Gasteiger partial charge in [-0.2, -0.15) is 0 Å². The number of carbonyl (C=O) groups excluding carboxylic acids is 2. The maximum atomic E-state index is 12.3. The van der Waals surface area contributed by atoms with Crippen LogP contribution in [0.25, 0.3) is 11.5 Å². The zero-order chi connectivity index (χ0) is 21.4. The van der Waals surface area contributed by atoms with Crippen molar-refractivity contribution in [3.05, 3.63) is 18.2 Å². The first-order chi connectivity index (χ1) is 13.9. The molecule has 29 heavy (non-hydrogen) atoms. The lowest BCUT2D eigenvalue weighted by molar-refractivity contribution is -0.146. The number of carbonyl (C=O) groups is 2. The van der Waals surface area contributed by atoms with Crippen LogP contribution < -0.4 is 14.8 Å². The topological polar surface area (TPSA) is 113 Å². The predicted molar refractivity (Wildman–Crippen MR) is 107 cm³/mol. The summed E-state index contributed by atoms with van der Waals surface area (Å²) in [6.45, 7) is 3.82. The Hall–Kier alpha value is -2.75. The minimum atomic E-state index is -0.695. The minimum Gasteiger partial charge on any atom is -0.497 e. The van der Waals surface area contributed by atoms with Gasteiger partial charge in [-0.25, -0.2) is 4.79 Å². The number of nitrogens with one attached hydrogen (secondary N) is 1. The second-order valence-corrected chi connectivity index (χ2v) is 7.11. The number of nitrogens with zero attached hydrogens (tertiary/aromatic N) is 2. The quantitative estimate of drug-likeness (QED) is 0.455. The first-order valence-corrected chi connectivity index (χ1v) is 9.97. The molecule has 0 spiro atoms. The molecule has 2 aromatic rings. The maximum absolute atomic E-state index is 12.3. The number of hydrogen-bond acceptors (Lipinski definition) is 9. The Kier molecular flexibility index (Phi) is 8.32. The molecule has 10 heteroatoms. The SMILES string of the molecule is CC[C@@H](C)[C@H](NC(=O)CSc1nnc(-c2ccc(OC)cc2OC)o1)C(=O)OC. The average molecular weight is 423 g/mol. The second kappa shape index (κ2) is 10.7. The van der Waals surface area contributed by atoms with Crippen molar-refractivity contribution >= 4 is 23.6 Å². The zero-order valence-corrected chi connectivity index (χ0v) is 17.9. The molecule has 0 bridgehead atoms. The molecule has 0 radical (unpaired) electrons. The van der Waals surface area contributed by atoms with E-state index in [4.69, 9.17) is 18.6 Å². The molecule has 9 nitrogen and oxygen atoms in total. The summed E-state index contributed by atoms with van der Waals surface area (Å²) in [5, 5.41) is 10.9. The molecule has 0 saturated heterocycles. The first kappa shape index (κ1) is 22.5. The van der Waals surface area contributed by atoms with E-state index >= 15 is 0 Å². The molecule has 0 aliphatic heterocycles. The van der Waals surface area contributed by atoms with E-state index in [9.17, 15) is 9.59 Å². The number of rotatable bonds is 10. The van der Waals surface area contributed by atoms with Gasteiger partial charge in [0, 0.05) is 6.07 Å². The van der Waals surface area contributed by atoms with Crippen LogP contribution in [0.2, 0.25) is 0 Å². The fraction of sp³-hybridized carbons (Fsp3) is 0.474. The van der Waals surface area contributed by atoms with Crippen LogP contribution in [0.3, 0.4) is 0 Å². The zero-order valence-electron chi connectivity index (χ0n) is 17.1. The van der Waals surface area contributed by atoms with E-state index in [1.807, 2.05) is 13.8 Å². The molecule has 2 rings (SSSR count). The molecule has 2 atom stereocenters. The Balaban J connectivity index is 2.02. The van der Waals surface area contributed by atoms with Crippen molar-refractivity contribution in [2.45, 2.75) is 31.5 Å². The summed E-state index contributed by atoms with van der Waals surface area (Å²) in [6.07, 6.45) is 0.726. The second-order valence-electron chi connectivity index (χ2n) is 6.18. The Labute approximate surface area is 173 Å². The summed E-state index contributed by atoms with van der Waals surface area (Å²) in [5.74, 6) is 0.602. The lowest BCUT2D eigenvalue weighted by atomic mass is 9.99. The number of benzene rings is 1. The highest BCUT2D eigenvalue weighted by molar-refractivity contribution is 7.99. The molecule has 1 amide bonds. The average Bonchev–Trinajstić information content (AvgIpc) is 3.23. The van der Waals surface area contributed by atoms with E-state index in [0.29, 0.717) is 17.1 Å². The molecule has 0 fully saturated rings. The standard InChI is InChI=1S/C19H25N3O6S/c1-6-11(2)16(18(24)27-5)20-15(23)10-29-19-22-21-17(28-19)13-8-7-12(25-3)9-14(13)26-4/h7-9,11,16H,6,10H2,1-5H3,(H,20,23)/t11-,16+/m1/s1. The Morgan fingerprint density at radius 1 is 1.21 bits per heavy atom. The third-order valence-corrected chi connectivity index (χ3v) is 5.18. The van der Waals surface area contributed by atoms with E-state index in [0.717, 1.165) is 18.2 Å². The molecular weight excluding hydrogens is 398 g/mol. The van der Waals surface area contributed by atoms with Crippen molar-refractivity contribution in [2.24, 2.45) is 5.92 Å². The van der Waals surface area contributed by atoms with Gasteiger partial charge in [-0.3, -0.25) is 4.79 Å². The van der Waals surface area contributed by atoms with Crippen LogP contribution in [0.5, 0.6) is 11.5 Å². The number of amides is 1. The van der Waals surface area contributed by atoms with Gasteiger partial charge >= 0.3 is 5.97 Å². The van der Waals surface area contributed by atoms with Gasteiger partial charge in [0.2, 0.25) is 5.91 Å². The largest absolute Gasteiger partial charge is 0.497 e. The van der Waals surface area contributed by atoms with Crippen LogP contribution in [-0.4, -0.2) is 55.2 Å². The molecule has 0 aliphatic carbocycles. The third kappa shape index (κ3) is 5.86. The van der Waals surface area contributed by atoms with Gasteiger partial charge in [0.25, 0.3) is 11.1 Å². The van der Waals surface area contributed by atoms with Gasteiger partial charge < -0.3 is 23.9 Å². The van der Waals surface area contributed by atoms with E-state index < -0.39 is 12.0 Å². The number of ether oxygens (including phenoxy) is 3. The van der Waals surface area contributed by atoms with Crippen LogP contribution in [-0.2, 0) is 14.3 Å². The summed E-state index contributed by atoms with van der Waals surface area (Å²) in [4.78, 5) is 24.1. The Bertz CT molecular complexity index is 841. The molecule has 1 heterocycles. The summed E-state index contributed by atoms with van der Waals surface area (Å²) in [6, 6.07) is 4.52. The van der Waals surface area contributed by atoms with E-state index in [1.165, 1.54) is 14.2 Å². The fourth-order valence-electron chi connectivity index (χ4n) is 2.49. The minimum absolute atomic E-state index is 0.0192. The van der Waals surface area contributed by atoms with Crippen molar-refractivity contribution < 1.29 is 28.2 Å². The van der Waals surface area contributed by atoms with Crippen LogP contribution in [0.4, 0.5) is 0 Å².